The van der Waals surface area contributed by atoms with Gasteiger partial charge >= 0.3 is 0 Å². The van der Waals surface area contributed by atoms with E-state index < -0.39 is 0 Å². The minimum Gasteiger partial charge on any atom is -0.308 e. The van der Waals surface area contributed by atoms with Crippen LogP contribution in [0.25, 0.3) is 0 Å². The first-order valence-corrected chi connectivity index (χ1v) is 5.83. The summed E-state index contributed by atoms with van der Waals surface area (Å²) in [6, 6.07) is 5.63. The summed E-state index contributed by atoms with van der Waals surface area (Å²) >= 11 is 12.0. The van der Waals surface area contributed by atoms with Gasteiger partial charge in [0.25, 0.3) is 0 Å². The number of benzene rings is 1. The number of halogens is 2. The molecule has 0 amide bonds. The van der Waals surface area contributed by atoms with Crippen LogP contribution in [0.2, 0.25) is 10.0 Å². The van der Waals surface area contributed by atoms with Gasteiger partial charge in [-0.15, -0.1) is 0 Å². The third-order valence-corrected chi connectivity index (χ3v) is 2.90. The maximum absolute atomic E-state index is 6.09. The van der Waals surface area contributed by atoms with E-state index in [0.29, 0.717) is 5.02 Å². The van der Waals surface area contributed by atoms with Gasteiger partial charge in [-0.05, 0) is 44.3 Å². The number of nitrogens with two attached hydrogens (primary N) is 1. The van der Waals surface area contributed by atoms with Gasteiger partial charge in [0, 0.05) is 22.6 Å². The topological polar surface area (TPSA) is 41.3 Å². The molecule has 5 heteroatoms. The van der Waals surface area contributed by atoms with E-state index in [1.165, 1.54) is 0 Å². The molecule has 0 radical (unpaired) electrons. The Morgan fingerprint density at radius 1 is 1.38 bits per heavy atom. The minimum absolute atomic E-state index is 0.158. The monoisotopic (exact) mass is 261 g/mol. The summed E-state index contributed by atoms with van der Waals surface area (Å²) in [7, 11) is 4.01. The van der Waals surface area contributed by atoms with E-state index in [1.807, 2.05) is 26.2 Å². The van der Waals surface area contributed by atoms with E-state index >= 15 is 0 Å². The highest BCUT2D eigenvalue weighted by Crippen LogP contribution is 2.21. The van der Waals surface area contributed by atoms with Gasteiger partial charge in [-0.1, -0.05) is 23.2 Å². The molecule has 3 N–H and O–H groups in total. The van der Waals surface area contributed by atoms with Gasteiger partial charge in [0.2, 0.25) is 0 Å². The lowest BCUT2D eigenvalue weighted by Crippen LogP contribution is -2.43. The number of nitrogens with one attached hydrogen (secondary N) is 1. The second-order valence-corrected chi connectivity index (χ2v) is 4.91. The molecule has 0 aliphatic heterocycles. The first-order valence-electron chi connectivity index (χ1n) is 5.07. The van der Waals surface area contributed by atoms with Crippen molar-refractivity contribution in [2.24, 2.45) is 5.84 Å². The van der Waals surface area contributed by atoms with Gasteiger partial charge in [0.15, 0.2) is 0 Å². The van der Waals surface area contributed by atoms with E-state index in [1.54, 1.807) is 6.07 Å². The number of hydrogen-bond donors (Lipinski definition) is 2. The second kappa shape index (κ2) is 6.42. The van der Waals surface area contributed by atoms with Crippen LogP contribution in [0, 0.1) is 0 Å². The lowest BCUT2D eigenvalue weighted by atomic mass is 10.1. The fraction of sp³-hybridized carbons (Fsp3) is 0.455. The van der Waals surface area contributed by atoms with Crippen LogP contribution >= 0.6 is 23.2 Å². The molecule has 0 saturated heterocycles. The molecule has 0 heterocycles. The molecule has 0 aliphatic carbocycles. The third-order valence-electron chi connectivity index (χ3n) is 2.30. The lowest BCUT2D eigenvalue weighted by molar-refractivity contribution is 0.338. The van der Waals surface area contributed by atoms with E-state index in [4.69, 9.17) is 29.0 Å². The normalized spacial score (nSPS) is 13.1. The molecule has 1 unspecified atom stereocenters. The van der Waals surface area contributed by atoms with E-state index in [9.17, 15) is 0 Å². The van der Waals surface area contributed by atoms with Gasteiger partial charge in [-0.2, -0.15) is 0 Å². The highest BCUT2D eigenvalue weighted by molar-refractivity contribution is 6.33. The Bertz CT molecular complexity index is 342. The molecule has 0 fully saturated rings. The van der Waals surface area contributed by atoms with Crippen molar-refractivity contribution in [3.05, 3.63) is 33.8 Å². The van der Waals surface area contributed by atoms with Crippen molar-refractivity contribution in [1.29, 1.82) is 0 Å². The Balaban J connectivity index is 2.73. The zero-order valence-electron chi connectivity index (χ0n) is 9.50. The third kappa shape index (κ3) is 4.28. The van der Waals surface area contributed by atoms with Crippen LogP contribution in [0.15, 0.2) is 18.2 Å². The van der Waals surface area contributed by atoms with Crippen molar-refractivity contribution in [2.75, 3.05) is 20.6 Å². The van der Waals surface area contributed by atoms with Crippen molar-refractivity contribution < 1.29 is 0 Å². The fourth-order valence-corrected chi connectivity index (χ4v) is 1.97. The molecule has 1 atom stereocenters. The van der Waals surface area contributed by atoms with Crippen molar-refractivity contribution >= 4 is 23.2 Å². The quantitative estimate of drug-likeness (QED) is 0.629. The van der Waals surface area contributed by atoms with Crippen molar-refractivity contribution in [2.45, 2.75) is 12.5 Å². The SMILES string of the molecule is CN(C)CC(Cc1cc(Cl)ccc1Cl)NN. The molecular formula is C11H17Cl2N3. The molecule has 1 aromatic carbocycles. The maximum Gasteiger partial charge on any atom is 0.0439 e. The molecule has 0 aromatic heterocycles. The molecule has 0 saturated carbocycles. The minimum atomic E-state index is 0.158. The molecule has 16 heavy (non-hydrogen) atoms. The van der Waals surface area contributed by atoms with Crippen LogP contribution in [0.1, 0.15) is 5.56 Å². The van der Waals surface area contributed by atoms with Crippen LogP contribution in [0.5, 0.6) is 0 Å². The average molecular weight is 262 g/mol. The van der Waals surface area contributed by atoms with E-state index in [0.717, 1.165) is 23.6 Å². The molecule has 1 aromatic rings. The first kappa shape index (κ1) is 13.7. The predicted molar refractivity (Wildman–Crippen MR) is 69.8 cm³/mol. The van der Waals surface area contributed by atoms with Gasteiger partial charge in [0.1, 0.15) is 0 Å². The van der Waals surface area contributed by atoms with Crippen LogP contribution in [0.3, 0.4) is 0 Å². The first-order chi connectivity index (χ1) is 7.52. The Hall–Kier alpha value is -0.320. The molecule has 1 rings (SSSR count). The highest BCUT2D eigenvalue weighted by Gasteiger charge is 2.11. The molecular weight excluding hydrogens is 245 g/mol. The molecule has 90 valence electrons. The Morgan fingerprint density at radius 2 is 2.06 bits per heavy atom. The highest BCUT2D eigenvalue weighted by atomic mass is 35.5. The number of nitrogens with zero attached hydrogens (tertiary/aromatic N) is 1. The van der Waals surface area contributed by atoms with Crippen molar-refractivity contribution in [3.63, 3.8) is 0 Å². The summed E-state index contributed by atoms with van der Waals surface area (Å²) in [5.74, 6) is 5.50. The van der Waals surface area contributed by atoms with Crippen LogP contribution < -0.4 is 11.3 Å². The summed E-state index contributed by atoms with van der Waals surface area (Å²) in [4.78, 5) is 2.07. The second-order valence-electron chi connectivity index (χ2n) is 4.07. The summed E-state index contributed by atoms with van der Waals surface area (Å²) in [6.45, 7) is 0.847. The summed E-state index contributed by atoms with van der Waals surface area (Å²) in [5, 5.41) is 1.42. The molecule has 3 nitrogen and oxygen atoms in total. The van der Waals surface area contributed by atoms with Gasteiger partial charge in [-0.25, -0.2) is 0 Å². The largest absolute Gasteiger partial charge is 0.308 e. The maximum atomic E-state index is 6.09. The van der Waals surface area contributed by atoms with Crippen molar-refractivity contribution in [1.82, 2.24) is 10.3 Å². The van der Waals surface area contributed by atoms with Gasteiger partial charge in [0.05, 0.1) is 0 Å². The average Bonchev–Trinajstić information content (AvgIpc) is 2.21. The Labute approximate surface area is 106 Å². The fourth-order valence-electron chi connectivity index (χ4n) is 1.58. The number of hydrazine groups is 1. The van der Waals surface area contributed by atoms with Crippen LogP contribution in [-0.4, -0.2) is 31.6 Å². The van der Waals surface area contributed by atoms with Crippen LogP contribution in [-0.2, 0) is 6.42 Å². The number of likely N-dealkylation sites (N-methyl/N-ethyl adjacent to an activating group) is 1. The smallest absolute Gasteiger partial charge is 0.0439 e. The lowest BCUT2D eigenvalue weighted by Gasteiger charge is -2.20. The van der Waals surface area contributed by atoms with Crippen molar-refractivity contribution in [3.8, 4) is 0 Å². The predicted octanol–water partition coefficient (Wildman–Crippen LogP) is 1.93. The zero-order valence-corrected chi connectivity index (χ0v) is 11.0. The zero-order chi connectivity index (χ0) is 12.1. The number of rotatable bonds is 5. The van der Waals surface area contributed by atoms with Gasteiger partial charge in [-0.3, -0.25) is 11.3 Å². The molecule has 0 aliphatic rings. The molecule has 0 spiro atoms. The standard InChI is InChI=1S/C11H17Cl2N3/c1-16(2)7-10(15-14)6-8-5-9(12)3-4-11(8)13/h3-5,10,15H,6-7,14H2,1-2H3. The van der Waals surface area contributed by atoms with Gasteiger partial charge < -0.3 is 4.90 Å². The summed E-state index contributed by atoms with van der Waals surface area (Å²) < 4.78 is 0. The summed E-state index contributed by atoms with van der Waals surface area (Å²) in [5.41, 5.74) is 3.80. The summed E-state index contributed by atoms with van der Waals surface area (Å²) in [6.07, 6.45) is 0.758. The van der Waals surface area contributed by atoms with E-state index in [2.05, 4.69) is 10.3 Å². The Kier molecular flexibility index (Phi) is 5.52. The number of hydrogen-bond acceptors (Lipinski definition) is 3. The molecule has 0 bridgehead atoms. The van der Waals surface area contributed by atoms with Crippen LogP contribution in [0.4, 0.5) is 0 Å². The Morgan fingerprint density at radius 3 is 2.62 bits per heavy atom. The van der Waals surface area contributed by atoms with E-state index in [-0.39, 0.29) is 6.04 Å².